The minimum Gasteiger partial charge on any atom is -0.591 e. The van der Waals surface area contributed by atoms with Crippen LogP contribution in [0.5, 0.6) is 0 Å². The van der Waals surface area contributed by atoms with Gasteiger partial charge in [-0.05, 0) is 40.0 Å². The van der Waals surface area contributed by atoms with E-state index in [-0.39, 0.29) is 4.75 Å². The van der Waals surface area contributed by atoms with Gasteiger partial charge in [-0.1, -0.05) is 4.40 Å². The van der Waals surface area contributed by atoms with Crippen molar-refractivity contribution in [2.75, 3.05) is 0 Å². The molecular weight excluding hydrogens is 236 g/mol. The molecule has 94 valence electrons. The van der Waals surface area contributed by atoms with E-state index in [1.54, 1.807) is 0 Å². The Kier molecular flexibility index (Phi) is 3.32. The zero-order chi connectivity index (χ0) is 12.6. The van der Waals surface area contributed by atoms with Crippen molar-refractivity contribution in [3.8, 4) is 0 Å². The van der Waals surface area contributed by atoms with Crippen LogP contribution in [0.15, 0.2) is 8.81 Å². The summed E-state index contributed by atoms with van der Waals surface area (Å²) < 4.78 is 21.6. The van der Waals surface area contributed by atoms with Crippen LogP contribution in [-0.4, -0.2) is 20.0 Å². The fourth-order valence-corrected chi connectivity index (χ4v) is 2.37. The second kappa shape index (κ2) is 4.46. The molecule has 1 aromatic rings. The fraction of sp³-hybridized carbons (Fsp3) is 0.667. The Bertz CT molecular complexity index is 446. The molecule has 1 aliphatic rings. The highest BCUT2D eigenvalue weighted by Crippen LogP contribution is 2.25. The molecule has 0 saturated heterocycles. The molecule has 5 heteroatoms. The van der Waals surface area contributed by atoms with Gasteiger partial charge in [-0.15, -0.1) is 0 Å². The van der Waals surface area contributed by atoms with Crippen LogP contribution in [0, 0.1) is 6.92 Å². The average Bonchev–Trinajstić information content (AvgIpc) is 2.58. The Morgan fingerprint density at radius 2 is 2.06 bits per heavy atom. The SMILES string of the molecule is Cc1nc2c(o1)C(=N[S+]([O-])C(C)(C)C)CCC2. The largest absolute Gasteiger partial charge is 0.591 e. The van der Waals surface area contributed by atoms with Crippen LogP contribution in [0.4, 0.5) is 0 Å². The van der Waals surface area contributed by atoms with E-state index in [4.69, 9.17) is 4.42 Å². The van der Waals surface area contributed by atoms with E-state index in [9.17, 15) is 4.55 Å². The lowest BCUT2D eigenvalue weighted by Crippen LogP contribution is -2.27. The zero-order valence-electron chi connectivity index (χ0n) is 10.7. The molecule has 0 amide bonds. The van der Waals surface area contributed by atoms with Crippen LogP contribution in [-0.2, 0) is 17.8 Å². The number of aryl methyl sites for hydroxylation is 2. The number of oxazole rings is 1. The summed E-state index contributed by atoms with van der Waals surface area (Å²) in [7, 11) is 0. The molecule has 0 aromatic carbocycles. The normalized spacial score (nSPS) is 20.4. The first-order valence-corrected chi connectivity index (χ1v) is 6.95. The molecular formula is C12H18N2O2S. The van der Waals surface area contributed by atoms with Gasteiger partial charge in [-0.25, -0.2) is 4.98 Å². The summed E-state index contributed by atoms with van der Waals surface area (Å²) in [5, 5.41) is 0. The summed E-state index contributed by atoms with van der Waals surface area (Å²) >= 11 is -1.23. The van der Waals surface area contributed by atoms with Crippen molar-refractivity contribution in [2.45, 2.75) is 51.7 Å². The van der Waals surface area contributed by atoms with E-state index in [0.29, 0.717) is 5.89 Å². The van der Waals surface area contributed by atoms with Gasteiger partial charge in [0.05, 0.1) is 5.69 Å². The van der Waals surface area contributed by atoms with Gasteiger partial charge in [0, 0.05) is 6.92 Å². The summed E-state index contributed by atoms with van der Waals surface area (Å²) in [5.41, 5.74) is 1.76. The molecule has 0 spiro atoms. The van der Waals surface area contributed by atoms with Crippen molar-refractivity contribution < 1.29 is 8.97 Å². The third-order valence-corrected chi connectivity index (χ3v) is 4.04. The van der Waals surface area contributed by atoms with Crippen LogP contribution in [0.3, 0.4) is 0 Å². The number of rotatable bonds is 1. The Balaban J connectivity index is 2.32. The van der Waals surface area contributed by atoms with E-state index >= 15 is 0 Å². The van der Waals surface area contributed by atoms with Gasteiger partial charge < -0.3 is 8.97 Å². The summed E-state index contributed by atoms with van der Waals surface area (Å²) in [6.45, 7) is 7.59. The molecule has 0 N–H and O–H groups in total. The highest BCUT2D eigenvalue weighted by atomic mass is 32.2. The average molecular weight is 254 g/mol. The maximum atomic E-state index is 12.0. The molecule has 2 rings (SSSR count). The predicted molar refractivity (Wildman–Crippen MR) is 68.6 cm³/mol. The molecule has 0 fully saturated rings. The van der Waals surface area contributed by atoms with Crippen molar-refractivity contribution in [3.63, 3.8) is 0 Å². The minimum absolute atomic E-state index is 0.334. The molecule has 1 unspecified atom stereocenters. The molecule has 1 heterocycles. The smallest absolute Gasteiger partial charge is 0.192 e. The molecule has 0 bridgehead atoms. The Morgan fingerprint density at radius 1 is 1.35 bits per heavy atom. The highest BCUT2D eigenvalue weighted by molar-refractivity contribution is 7.91. The second-order valence-corrected chi connectivity index (χ2v) is 7.17. The number of nitrogens with zero attached hydrogens (tertiary/aromatic N) is 2. The van der Waals surface area contributed by atoms with Crippen molar-refractivity contribution in [2.24, 2.45) is 4.40 Å². The van der Waals surface area contributed by atoms with Crippen LogP contribution in [0.1, 0.15) is 51.0 Å². The van der Waals surface area contributed by atoms with Gasteiger partial charge in [0.1, 0.15) is 21.8 Å². The van der Waals surface area contributed by atoms with Crippen LogP contribution in [0.2, 0.25) is 0 Å². The molecule has 1 aliphatic carbocycles. The lowest BCUT2D eigenvalue weighted by Gasteiger charge is -2.20. The van der Waals surface area contributed by atoms with E-state index < -0.39 is 11.4 Å². The molecule has 0 aliphatic heterocycles. The number of hydrogen-bond donors (Lipinski definition) is 0. The van der Waals surface area contributed by atoms with Gasteiger partial charge >= 0.3 is 0 Å². The quantitative estimate of drug-likeness (QED) is 0.724. The maximum absolute atomic E-state index is 12.0. The Morgan fingerprint density at radius 3 is 2.71 bits per heavy atom. The topological polar surface area (TPSA) is 61.5 Å². The first-order chi connectivity index (χ1) is 7.88. The summed E-state index contributed by atoms with van der Waals surface area (Å²) in [6, 6.07) is 0. The predicted octanol–water partition coefficient (Wildman–Crippen LogP) is 2.57. The van der Waals surface area contributed by atoms with E-state index in [1.807, 2.05) is 27.7 Å². The first-order valence-electron chi connectivity index (χ1n) is 5.84. The molecule has 1 atom stereocenters. The Hall–Kier alpha value is -0.810. The summed E-state index contributed by atoms with van der Waals surface area (Å²) in [5.74, 6) is 1.40. The van der Waals surface area contributed by atoms with Gasteiger partial charge in [-0.2, -0.15) is 0 Å². The number of aromatic nitrogens is 1. The maximum Gasteiger partial charge on any atom is 0.192 e. The third-order valence-electron chi connectivity index (χ3n) is 2.61. The highest BCUT2D eigenvalue weighted by Gasteiger charge is 2.30. The van der Waals surface area contributed by atoms with Crippen molar-refractivity contribution in [3.05, 3.63) is 17.3 Å². The summed E-state index contributed by atoms with van der Waals surface area (Å²) in [6.07, 6.45) is 2.75. The molecule has 0 radical (unpaired) electrons. The molecule has 4 nitrogen and oxygen atoms in total. The lowest BCUT2D eigenvalue weighted by molar-refractivity contribution is 0.507. The zero-order valence-corrected chi connectivity index (χ0v) is 11.6. The van der Waals surface area contributed by atoms with Gasteiger partial charge in [-0.3, -0.25) is 0 Å². The fourth-order valence-electron chi connectivity index (χ4n) is 1.73. The van der Waals surface area contributed by atoms with E-state index in [1.165, 1.54) is 0 Å². The van der Waals surface area contributed by atoms with Crippen molar-refractivity contribution in [1.29, 1.82) is 0 Å². The Labute approximate surface area is 105 Å². The van der Waals surface area contributed by atoms with Crippen LogP contribution in [0.25, 0.3) is 0 Å². The number of fused-ring (bicyclic) bond motifs is 1. The van der Waals surface area contributed by atoms with Gasteiger partial charge in [0.25, 0.3) is 0 Å². The van der Waals surface area contributed by atoms with Gasteiger partial charge in [0.2, 0.25) is 0 Å². The molecule has 1 aromatic heterocycles. The second-order valence-electron chi connectivity index (χ2n) is 5.26. The minimum atomic E-state index is -1.23. The third kappa shape index (κ3) is 2.72. The number of hydrogen-bond acceptors (Lipinski definition) is 4. The van der Waals surface area contributed by atoms with Crippen molar-refractivity contribution in [1.82, 2.24) is 4.98 Å². The molecule has 17 heavy (non-hydrogen) atoms. The monoisotopic (exact) mass is 254 g/mol. The van der Waals surface area contributed by atoms with E-state index in [0.717, 1.165) is 36.4 Å². The van der Waals surface area contributed by atoms with Crippen molar-refractivity contribution >= 4 is 17.1 Å². The van der Waals surface area contributed by atoms with Gasteiger partial charge in [0.15, 0.2) is 11.7 Å². The van der Waals surface area contributed by atoms with E-state index in [2.05, 4.69) is 9.38 Å². The summed E-state index contributed by atoms with van der Waals surface area (Å²) in [4.78, 5) is 4.32. The van der Waals surface area contributed by atoms with Crippen LogP contribution >= 0.6 is 0 Å². The first kappa shape index (κ1) is 12.6. The lowest BCUT2D eigenvalue weighted by atomic mass is 10.0. The standard InChI is InChI=1S/C12H18N2O2S/c1-8-13-9-6-5-7-10(11(9)16-8)14-17(15)12(2,3)4/h5-7H2,1-4H3. The molecule has 0 saturated carbocycles. The van der Waals surface area contributed by atoms with Crippen LogP contribution < -0.4 is 0 Å².